The fraction of sp³-hybridized carbons (Fsp3) is 0.0714. The van der Waals surface area contributed by atoms with Crippen LogP contribution >= 0.6 is 27.5 Å². The summed E-state index contributed by atoms with van der Waals surface area (Å²) in [5, 5.41) is 0.688. The van der Waals surface area contributed by atoms with E-state index in [1.807, 2.05) is 18.2 Å². The van der Waals surface area contributed by atoms with Crippen molar-refractivity contribution in [2.75, 3.05) is 0 Å². The minimum atomic E-state index is 0.390. The van der Waals surface area contributed by atoms with Gasteiger partial charge in [-0.25, -0.2) is 0 Å². The summed E-state index contributed by atoms with van der Waals surface area (Å²) in [5.74, 6) is 0.558. The Kier molecular flexibility index (Phi) is 4.39. The summed E-state index contributed by atoms with van der Waals surface area (Å²) in [6.07, 6.45) is 0.780. The standard InChI is InChI=1S/C14H10BrClO2/c15-13-3-1-2-11(8-17)14(13)18-9-10-4-6-12(16)7-5-10/h1-8H,9H2. The van der Waals surface area contributed by atoms with Gasteiger partial charge in [-0.1, -0.05) is 29.8 Å². The fourth-order valence-electron chi connectivity index (χ4n) is 1.51. The van der Waals surface area contributed by atoms with E-state index in [0.29, 0.717) is 22.9 Å². The van der Waals surface area contributed by atoms with E-state index in [9.17, 15) is 4.79 Å². The summed E-state index contributed by atoms with van der Waals surface area (Å²) in [5.41, 5.74) is 1.52. The van der Waals surface area contributed by atoms with E-state index in [2.05, 4.69) is 15.9 Å². The third-order valence-corrected chi connectivity index (χ3v) is 3.30. The number of hydrogen-bond donors (Lipinski definition) is 0. The Bertz CT molecular complexity index is 552. The van der Waals surface area contributed by atoms with Gasteiger partial charge in [0.05, 0.1) is 10.0 Å². The summed E-state index contributed by atoms with van der Waals surface area (Å²) < 4.78 is 6.43. The van der Waals surface area contributed by atoms with E-state index in [1.54, 1.807) is 24.3 Å². The van der Waals surface area contributed by atoms with Crippen molar-refractivity contribution in [1.82, 2.24) is 0 Å². The minimum absolute atomic E-state index is 0.390. The van der Waals surface area contributed by atoms with Crippen LogP contribution < -0.4 is 4.74 Å². The lowest BCUT2D eigenvalue weighted by Gasteiger charge is -2.10. The first kappa shape index (κ1) is 13.1. The summed E-state index contributed by atoms with van der Waals surface area (Å²) in [4.78, 5) is 10.9. The molecule has 2 rings (SSSR count). The van der Waals surface area contributed by atoms with Crippen molar-refractivity contribution in [3.8, 4) is 5.75 Å². The topological polar surface area (TPSA) is 26.3 Å². The van der Waals surface area contributed by atoms with Crippen LogP contribution in [0.5, 0.6) is 5.75 Å². The molecule has 0 amide bonds. The number of para-hydroxylation sites is 1. The fourth-order valence-corrected chi connectivity index (χ4v) is 2.13. The molecule has 0 atom stereocenters. The van der Waals surface area contributed by atoms with Crippen molar-refractivity contribution >= 4 is 33.8 Å². The van der Waals surface area contributed by atoms with E-state index in [4.69, 9.17) is 16.3 Å². The van der Waals surface area contributed by atoms with Gasteiger partial charge < -0.3 is 4.74 Å². The number of benzene rings is 2. The summed E-state index contributed by atoms with van der Waals surface area (Å²) in [7, 11) is 0. The predicted molar refractivity (Wildman–Crippen MR) is 75.3 cm³/mol. The first-order valence-electron chi connectivity index (χ1n) is 5.31. The first-order valence-corrected chi connectivity index (χ1v) is 6.49. The quantitative estimate of drug-likeness (QED) is 0.774. The van der Waals surface area contributed by atoms with Gasteiger partial charge in [-0.2, -0.15) is 0 Å². The van der Waals surface area contributed by atoms with Crippen LogP contribution in [0.2, 0.25) is 5.02 Å². The van der Waals surface area contributed by atoms with E-state index >= 15 is 0 Å². The molecular formula is C14H10BrClO2. The van der Waals surface area contributed by atoms with Crippen LogP contribution in [0.3, 0.4) is 0 Å². The molecule has 0 aliphatic carbocycles. The second-order valence-electron chi connectivity index (χ2n) is 3.69. The monoisotopic (exact) mass is 324 g/mol. The van der Waals surface area contributed by atoms with Crippen LogP contribution in [-0.4, -0.2) is 6.29 Å². The molecular weight excluding hydrogens is 316 g/mol. The highest BCUT2D eigenvalue weighted by Gasteiger charge is 2.07. The van der Waals surface area contributed by atoms with Crippen LogP contribution in [-0.2, 0) is 6.61 Å². The van der Waals surface area contributed by atoms with Crippen LogP contribution in [0.25, 0.3) is 0 Å². The van der Waals surface area contributed by atoms with Crippen molar-refractivity contribution in [2.24, 2.45) is 0 Å². The zero-order valence-corrected chi connectivity index (χ0v) is 11.7. The maximum atomic E-state index is 10.9. The molecule has 0 aliphatic heterocycles. The third-order valence-electron chi connectivity index (χ3n) is 2.42. The highest BCUT2D eigenvalue weighted by Crippen LogP contribution is 2.28. The van der Waals surface area contributed by atoms with E-state index < -0.39 is 0 Å². The number of halogens is 2. The van der Waals surface area contributed by atoms with Crippen LogP contribution in [0.15, 0.2) is 46.9 Å². The smallest absolute Gasteiger partial charge is 0.153 e. The molecule has 0 aliphatic rings. The molecule has 0 saturated heterocycles. The molecule has 0 unspecified atom stereocenters. The van der Waals surface area contributed by atoms with Gasteiger partial charge in [0.1, 0.15) is 12.4 Å². The molecule has 0 aromatic heterocycles. The lowest BCUT2D eigenvalue weighted by Crippen LogP contribution is -1.98. The second-order valence-corrected chi connectivity index (χ2v) is 4.98. The molecule has 0 fully saturated rings. The Morgan fingerprint density at radius 3 is 2.56 bits per heavy atom. The van der Waals surface area contributed by atoms with E-state index in [1.165, 1.54) is 0 Å². The largest absolute Gasteiger partial charge is 0.487 e. The molecule has 0 N–H and O–H groups in total. The molecule has 0 heterocycles. The summed E-state index contributed by atoms with van der Waals surface area (Å²) in [6.45, 7) is 0.390. The van der Waals surface area contributed by atoms with Crippen LogP contribution in [0.1, 0.15) is 15.9 Å². The number of aldehydes is 1. The molecule has 2 aromatic carbocycles. The van der Waals surface area contributed by atoms with Gasteiger partial charge in [0.15, 0.2) is 6.29 Å². The summed E-state index contributed by atoms with van der Waals surface area (Å²) in [6, 6.07) is 12.7. The lowest BCUT2D eigenvalue weighted by atomic mass is 10.2. The van der Waals surface area contributed by atoms with E-state index in [-0.39, 0.29) is 0 Å². The predicted octanol–water partition coefficient (Wildman–Crippen LogP) is 4.49. The molecule has 0 radical (unpaired) electrons. The Hall–Kier alpha value is -1.32. The van der Waals surface area contributed by atoms with Crippen molar-refractivity contribution in [3.05, 3.63) is 63.1 Å². The Balaban J connectivity index is 2.15. The van der Waals surface area contributed by atoms with Crippen molar-refractivity contribution < 1.29 is 9.53 Å². The molecule has 0 spiro atoms. The number of ether oxygens (including phenoxy) is 1. The van der Waals surface area contributed by atoms with Gasteiger partial charge in [0.2, 0.25) is 0 Å². The number of carbonyl (C=O) groups is 1. The average molecular weight is 326 g/mol. The van der Waals surface area contributed by atoms with Crippen LogP contribution in [0, 0.1) is 0 Å². The molecule has 0 bridgehead atoms. The van der Waals surface area contributed by atoms with Crippen molar-refractivity contribution in [2.45, 2.75) is 6.61 Å². The molecule has 2 nitrogen and oxygen atoms in total. The molecule has 18 heavy (non-hydrogen) atoms. The van der Waals surface area contributed by atoms with Crippen LogP contribution in [0.4, 0.5) is 0 Å². The number of rotatable bonds is 4. The number of carbonyl (C=O) groups excluding carboxylic acids is 1. The summed E-state index contributed by atoms with van der Waals surface area (Å²) >= 11 is 9.18. The zero-order valence-electron chi connectivity index (χ0n) is 9.40. The molecule has 2 aromatic rings. The van der Waals surface area contributed by atoms with Gasteiger partial charge in [0.25, 0.3) is 0 Å². The number of hydrogen-bond acceptors (Lipinski definition) is 2. The average Bonchev–Trinajstić information content (AvgIpc) is 2.39. The second kappa shape index (κ2) is 6.03. The SMILES string of the molecule is O=Cc1cccc(Br)c1OCc1ccc(Cl)cc1. The molecule has 0 saturated carbocycles. The van der Waals surface area contributed by atoms with Gasteiger partial charge in [-0.05, 0) is 45.8 Å². The minimum Gasteiger partial charge on any atom is -0.487 e. The first-order chi connectivity index (χ1) is 8.70. The Labute approximate surface area is 119 Å². The Morgan fingerprint density at radius 1 is 1.17 bits per heavy atom. The highest BCUT2D eigenvalue weighted by molar-refractivity contribution is 9.10. The Morgan fingerprint density at radius 2 is 1.89 bits per heavy atom. The van der Waals surface area contributed by atoms with E-state index in [0.717, 1.165) is 16.3 Å². The van der Waals surface area contributed by atoms with Gasteiger partial charge in [-0.3, -0.25) is 4.79 Å². The molecule has 4 heteroatoms. The van der Waals surface area contributed by atoms with Gasteiger partial charge in [-0.15, -0.1) is 0 Å². The maximum absolute atomic E-state index is 10.9. The molecule has 92 valence electrons. The highest BCUT2D eigenvalue weighted by atomic mass is 79.9. The lowest BCUT2D eigenvalue weighted by molar-refractivity contribution is 0.111. The van der Waals surface area contributed by atoms with Gasteiger partial charge >= 0.3 is 0 Å². The van der Waals surface area contributed by atoms with Crippen molar-refractivity contribution in [3.63, 3.8) is 0 Å². The van der Waals surface area contributed by atoms with Gasteiger partial charge in [0, 0.05) is 5.02 Å². The maximum Gasteiger partial charge on any atom is 0.153 e. The normalized spacial score (nSPS) is 10.1. The van der Waals surface area contributed by atoms with Crippen molar-refractivity contribution in [1.29, 1.82) is 0 Å². The zero-order chi connectivity index (χ0) is 13.0. The third kappa shape index (κ3) is 3.12.